The highest BCUT2D eigenvalue weighted by Gasteiger charge is 2.65. The molecule has 4 aliphatic rings. The minimum Gasteiger partial charge on any atom is -0.487 e. The second-order valence-electron chi connectivity index (χ2n) is 18.0. The predicted octanol–water partition coefficient (Wildman–Crippen LogP) is 9.48. The fourth-order valence-electron chi connectivity index (χ4n) is 10.5. The Morgan fingerprint density at radius 1 is 1.03 bits per heavy atom. The average molecular weight is 913 g/mol. The van der Waals surface area contributed by atoms with Crippen LogP contribution in [0.25, 0.3) is 0 Å². The summed E-state index contributed by atoms with van der Waals surface area (Å²) in [4.78, 5) is 28.1. The summed E-state index contributed by atoms with van der Waals surface area (Å²) in [5, 5.41) is 34.7. The molecule has 12 nitrogen and oxygen atoms in total. The van der Waals surface area contributed by atoms with Gasteiger partial charge in [0.15, 0.2) is 0 Å². The minimum atomic E-state index is -1.54. The van der Waals surface area contributed by atoms with Gasteiger partial charge in [0.1, 0.15) is 30.0 Å². The molecule has 4 aromatic rings. The van der Waals surface area contributed by atoms with Crippen molar-refractivity contribution in [2.45, 2.75) is 108 Å². The Morgan fingerprint density at radius 2 is 1.82 bits per heavy atom. The van der Waals surface area contributed by atoms with Crippen LogP contribution in [-0.2, 0) is 27.5 Å². The van der Waals surface area contributed by atoms with E-state index in [1.165, 1.54) is 12.1 Å². The zero-order chi connectivity index (χ0) is 46.8. The Balaban J connectivity index is 1.34. The fourth-order valence-corrected chi connectivity index (χ4v) is 10.5. The standard InChI is InChI=1S/C54H61FN4O8/c1-3-28-65-54-49(59(34-38-18-22-41(55)23-19-38)53(62)39-20-16-37(33-56)17-21-39)32-47(58-67-50-15-6-9-29-63-50)45-30-40(12-4-7-26-60)44(14-5-8-27-61)51(52(45)54)46-31-43(24-25-48(46)66-54)64-35-42-13-10-11-36(2)57-42/h3,10-11,13,16-25,30-31,40,44,49-52,60-61H,1,4-9,12,14-15,26-29,32,34-35H2,2H3/t40-,44+,49-,50?,51+,52+,54+/m0/s1. The van der Waals surface area contributed by atoms with Crippen molar-refractivity contribution < 1.29 is 43.2 Å². The van der Waals surface area contributed by atoms with Gasteiger partial charge in [-0.15, -0.1) is 6.58 Å². The Morgan fingerprint density at radius 3 is 2.54 bits per heavy atom. The normalized spacial score (nSPS) is 24.6. The number of oxime groups is 1. The first kappa shape index (κ1) is 47.6. The highest BCUT2D eigenvalue weighted by atomic mass is 19.1. The third-order valence-corrected chi connectivity index (χ3v) is 13.6. The SMILES string of the molecule is C=CCO[C@@]12Oc3ccc(OCc4cccc(C)n4)cc3[C@H]3[C@H](CCCCO)[C@@H](CCCCO)C=C(C(=NOC4CCCCO4)C[C@@H]1N(Cc1ccc(F)cc1)C(=O)c1ccc(C#N)cc1)[C@H]32. The third kappa shape index (κ3) is 10.8. The molecule has 0 bridgehead atoms. The molecular formula is C54H61FN4O8. The first-order valence-corrected chi connectivity index (χ1v) is 23.7. The van der Waals surface area contributed by atoms with E-state index in [1.54, 1.807) is 47.4 Å². The van der Waals surface area contributed by atoms with Gasteiger partial charge in [-0.05, 0) is 135 Å². The molecular weight excluding hydrogens is 852 g/mol. The second kappa shape index (κ2) is 22.3. The van der Waals surface area contributed by atoms with E-state index in [2.05, 4.69) is 29.8 Å². The Hall–Kier alpha value is -5.91. The van der Waals surface area contributed by atoms with Crippen LogP contribution in [0.4, 0.5) is 4.39 Å². The molecule has 7 atom stereocenters. The van der Waals surface area contributed by atoms with E-state index >= 15 is 4.79 Å². The number of aliphatic hydroxyl groups is 2. The summed E-state index contributed by atoms with van der Waals surface area (Å²) in [6.07, 6.45) is 10.5. The van der Waals surface area contributed by atoms with Gasteiger partial charge in [0.25, 0.3) is 5.91 Å². The molecule has 1 saturated heterocycles. The molecule has 352 valence electrons. The van der Waals surface area contributed by atoms with E-state index in [-0.39, 0.29) is 63.1 Å². The first-order valence-electron chi connectivity index (χ1n) is 23.7. The number of amides is 1. The van der Waals surface area contributed by atoms with E-state index in [0.29, 0.717) is 59.8 Å². The molecule has 1 amide bonds. The summed E-state index contributed by atoms with van der Waals surface area (Å²) in [6.45, 7) is 7.10. The number of nitrogens with zero attached hydrogens (tertiary/aromatic N) is 4. The van der Waals surface area contributed by atoms with Crippen LogP contribution in [0.2, 0.25) is 0 Å². The molecule has 2 aliphatic heterocycles. The van der Waals surface area contributed by atoms with Gasteiger partial charge in [0.05, 0.1) is 42.2 Å². The highest BCUT2D eigenvalue weighted by molar-refractivity contribution is 6.03. The van der Waals surface area contributed by atoms with Gasteiger partial charge >= 0.3 is 0 Å². The van der Waals surface area contributed by atoms with Gasteiger partial charge in [-0.2, -0.15) is 5.26 Å². The number of allylic oxidation sites excluding steroid dienone is 1. The zero-order valence-corrected chi connectivity index (χ0v) is 38.2. The number of pyridine rings is 1. The van der Waals surface area contributed by atoms with Crippen LogP contribution < -0.4 is 9.47 Å². The van der Waals surface area contributed by atoms with Crippen molar-refractivity contribution >= 4 is 11.6 Å². The lowest BCUT2D eigenvalue weighted by Crippen LogP contribution is -2.70. The Labute approximate surface area is 392 Å². The maximum Gasteiger partial charge on any atom is 0.254 e. The number of hydrogen-bond acceptors (Lipinski definition) is 11. The van der Waals surface area contributed by atoms with E-state index in [9.17, 15) is 19.9 Å². The number of aryl methyl sites for hydroxylation is 1. The molecule has 2 aliphatic carbocycles. The Bertz CT molecular complexity index is 2430. The molecule has 2 fully saturated rings. The number of nitriles is 1. The van der Waals surface area contributed by atoms with Crippen LogP contribution in [0.5, 0.6) is 11.5 Å². The molecule has 1 aromatic heterocycles. The molecule has 8 rings (SSSR count). The van der Waals surface area contributed by atoms with E-state index < -0.39 is 29.9 Å². The van der Waals surface area contributed by atoms with Crippen molar-refractivity contribution in [2.75, 3.05) is 26.4 Å². The number of unbranched alkanes of at least 4 members (excludes halogenated alkanes) is 2. The number of carbonyl (C=O) groups excluding carboxylic acids is 1. The second-order valence-corrected chi connectivity index (χ2v) is 18.0. The molecule has 0 radical (unpaired) electrons. The van der Waals surface area contributed by atoms with Gasteiger partial charge in [-0.1, -0.05) is 48.3 Å². The fraction of sp³-hybridized carbons (Fsp3) is 0.444. The topological polar surface area (TPSA) is 156 Å². The number of aromatic nitrogens is 1. The largest absolute Gasteiger partial charge is 0.487 e. The molecule has 2 N–H and O–H groups in total. The molecule has 3 aromatic carbocycles. The number of benzene rings is 3. The zero-order valence-electron chi connectivity index (χ0n) is 38.2. The van der Waals surface area contributed by atoms with Crippen LogP contribution in [0.15, 0.2) is 114 Å². The number of halogens is 1. The molecule has 67 heavy (non-hydrogen) atoms. The highest BCUT2D eigenvalue weighted by Crippen LogP contribution is 2.62. The average Bonchev–Trinajstić information content (AvgIpc) is 3.35. The van der Waals surface area contributed by atoms with E-state index in [4.69, 9.17) is 28.9 Å². The summed E-state index contributed by atoms with van der Waals surface area (Å²) in [5.74, 6) is -1.92. The van der Waals surface area contributed by atoms with Gasteiger partial charge in [-0.25, -0.2) is 4.39 Å². The summed E-state index contributed by atoms with van der Waals surface area (Å²) in [5.41, 5.74) is 5.57. The van der Waals surface area contributed by atoms with Gasteiger partial charge in [-0.3, -0.25) is 9.78 Å². The van der Waals surface area contributed by atoms with Crippen molar-refractivity contribution in [3.63, 3.8) is 0 Å². The molecule has 1 unspecified atom stereocenters. The number of rotatable bonds is 20. The van der Waals surface area contributed by atoms with Crippen molar-refractivity contribution in [3.05, 3.63) is 149 Å². The molecule has 1 saturated carbocycles. The third-order valence-electron chi connectivity index (χ3n) is 13.6. The molecule has 3 heterocycles. The maximum absolute atomic E-state index is 15.4. The Kier molecular flexibility index (Phi) is 15.8. The minimum absolute atomic E-state index is 0.00980. The van der Waals surface area contributed by atoms with Crippen molar-refractivity contribution in [3.8, 4) is 17.6 Å². The summed E-state index contributed by atoms with van der Waals surface area (Å²) >= 11 is 0. The number of fused-ring (bicyclic) bond motifs is 2. The van der Waals surface area contributed by atoms with Crippen LogP contribution in [0, 0.1) is 41.8 Å². The molecule has 0 spiro atoms. The lowest BCUT2D eigenvalue weighted by molar-refractivity contribution is -0.255. The van der Waals surface area contributed by atoms with Gasteiger partial charge in [0, 0.05) is 55.3 Å². The van der Waals surface area contributed by atoms with E-state index in [0.717, 1.165) is 61.0 Å². The van der Waals surface area contributed by atoms with Crippen molar-refractivity contribution in [1.29, 1.82) is 5.26 Å². The van der Waals surface area contributed by atoms with Gasteiger partial charge in [0.2, 0.25) is 12.1 Å². The van der Waals surface area contributed by atoms with Crippen LogP contribution >= 0.6 is 0 Å². The lowest BCUT2D eigenvalue weighted by atomic mass is 9.55. The summed E-state index contributed by atoms with van der Waals surface area (Å²) < 4.78 is 41.6. The quantitative estimate of drug-likeness (QED) is 0.0498. The monoisotopic (exact) mass is 912 g/mol. The van der Waals surface area contributed by atoms with Crippen LogP contribution in [0.3, 0.4) is 0 Å². The van der Waals surface area contributed by atoms with E-state index in [1.807, 2.05) is 37.3 Å². The summed E-state index contributed by atoms with van der Waals surface area (Å²) in [7, 11) is 0. The predicted molar refractivity (Wildman–Crippen MR) is 250 cm³/mol. The van der Waals surface area contributed by atoms with Crippen LogP contribution in [0.1, 0.15) is 109 Å². The number of carbonyl (C=O) groups is 1. The maximum atomic E-state index is 15.4. The lowest BCUT2D eigenvalue weighted by Gasteiger charge is -2.60. The first-order chi connectivity index (χ1) is 32.7. The number of ether oxygens (including phenoxy) is 4. The van der Waals surface area contributed by atoms with Crippen molar-refractivity contribution in [2.24, 2.45) is 22.9 Å². The number of aliphatic hydroxyl groups excluding tert-OH is 2. The van der Waals surface area contributed by atoms with Crippen LogP contribution in [-0.4, -0.2) is 76.3 Å². The van der Waals surface area contributed by atoms with Crippen molar-refractivity contribution in [1.82, 2.24) is 9.88 Å². The molecule has 13 heteroatoms. The number of hydrogen-bond donors (Lipinski definition) is 2. The smallest absolute Gasteiger partial charge is 0.254 e. The summed E-state index contributed by atoms with van der Waals surface area (Å²) in [6, 6.07) is 25.6. The van der Waals surface area contributed by atoms with Gasteiger partial charge < -0.3 is 38.9 Å².